The zero-order valence-corrected chi connectivity index (χ0v) is 13.0. The summed E-state index contributed by atoms with van der Waals surface area (Å²) in [6.45, 7) is 2.07. The Bertz CT molecular complexity index is 558. The summed E-state index contributed by atoms with van der Waals surface area (Å²) in [5, 5.41) is 16.4. The Morgan fingerprint density at radius 1 is 1.50 bits per heavy atom. The molecule has 0 bridgehead atoms. The molecule has 1 rings (SSSR count). The fourth-order valence-corrected chi connectivity index (χ4v) is 4.36. The maximum Gasteiger partial charge on any atom is 0.179 e. The highest BCUT2D eigenvalue weighted by atomic mass is 32.2. The van der Waals surface area contributed by atoms with E-state index in [0.29, 0.717) is 17.7 Å². The molecule has 20 heavy (non-hydrogen) atoms. The van der Waals surface area contributed by atoms with E-state index in [2.05, 4.69) is 0 Å². The zero-order valence-electron chi connectivity index (χ0n) is 11.4. The first-order valence-corrected chi connectivity index (χ1v) is 8.96. The topological polar surface area (TPSA) is 104 Å². The summed E-state index contributed by atoms with van der Waals surface area (Å²) in [6.07, 6.45) is 0.657. The van der Waals surface area contributed by atoms with Gasteiger partial charge in [-0.05, 0) is 18.6 Å². The quantitative estimate of drug-likeness (QED) is 0.494. The Labute approximate surface area is 124 Å². The number of aliphatic hydroxyl groups is 1. The molecule has 112 valence electrons. The Hall–Kier alpha value is -1.05. The third kappa shape index (κ3) is 5.15. The lowest BCUT2D eigenvalue weighted by molar-refractivity contribution is 0.289. The number of rotatable bonds is 8. The maximum atomic E-state index is 12.2. The lowest BCUT2D eigenvalue weighted by atomic mass is 10.2. The highest BCUT2D eigenvalue weighted by molar-refractivity contribution is 8.01. The normalized spacial score (nSPS) is 13.1. The van der Waals surface area contributed by atoms with E-state index in [-0.39, 0.29) is 28.3 Å². The largest absolute Gasteiger partial charge is 0.396 e. The van der Waals surface area contributed by atoms with Crippen LogP contribution in [-0.2, 0) is 9.84 Å². The molecule has 1 unspecified atom stereocenters. The summed E-state index contributed by atoms with van der Waals surface area (Å²) >= 11 is 1.53. The van der Waals surface area contributed by atoms with E-state index in [9.17, 15) is 8.42 Å². The van der Waals surface area contributed by atoms with E-state index in [4.69, 9.17) is 16.2 Å². The van der Waals surface area contributed by atoms with E-state index in [1.54, 1.807) is 12.1 Å². The predicted molar refractivity (Wildman–Crippen MR) is 83.1 cm³/mol. The van der Waals surface area contributed by atoms with Crippen molar-refractivity contribution < 1.29 is 13.5 Å². The van der Waals surface area contributed by atoms with Gasteiger partial charge in [-0.1, -0.05) is 19.1 Å². The fraction of sp³-hybridized carbons (Fsp3) is 0.462. The molecule has 0 heterocycles. The molecule has 0 saturated heterocycles. The first-order valence-electron chi connectivity index (χ1n) is 6.26. The van der Waals surface area contributed by atoms with E-state index < -0.39 is 9.84 Å². The first-order chi connectivity index (χ1) is 9.36. The van der Waals surface area contributed by atoms with Gasteiger partial charge >= 0.3 is 0 Å². The minimum atomic E-state index is -3.36. The highest BCUT2D eigenvalue weighted by Gasteiger charge is 2.16. The molecule has 7 heteroatoms. The van der Waals surface area contributed by atoms with Crippen LogP contribution in [0.1, 0.15) is 18.9 Å². The molecular formula is C13H20N2O3S2. The van der Waals surface area contributed by atoms with Gasteiger partial charge in [0.2, 0.25) is 0 Å². The summed E-state index contributed by atoms with van der Waals surface area (Å²) < 4.78 is 24.3. The van der Waals surface area contributed by atoms with Gasteiger partial charge in [-0.25, -0.2) is 8.42 Å². The van der Waals surface area contributed by atoms with Gasteiger partial charge < -0.3 is 10.8 Å². The second-order valence-corrected chi connectivity index (χ2v) is 8.11. The molecule has 4 N–H and O–H groups in total. The smallest absolute Gasteiger partial charge is 0.179 e. The third-order valence-electron chi connectivity index (χ3n) is 2.79. The maximum absolute atomic E-state index is 12.2. The van der Waals surface area contributed by atoms with Crippen LogP contribution in [0, 0.1) is 5.41 Å². The van der Waals surface area contributed by atoms with Crippen LogP contribution in [0.2, 0.25) is 0 Å². The van der Waals surface area contributed by atoms with Gasteiger partial charge in [0.1, 0.15) is 5.84 Å². The predicted octanol–water partition coefficient (Wildman–Crippen LogP) is 1.25. The molecule has 0 amide bonds. The molecule has 1 atom stereocenters. The molecule has 1 aromatic carbocycles. The van der Waals surface area contributed by atoms with Crippen LogP contribution in [0.25, 0.3) is 0 Å². The molecule has 0 radical (unpaired) electrons. The van der Waals surface area contributed by atoms with Crippen LogP contribution in [0.15, 0.2) is 29.2 Å². The SMILES string of the molecule is CC(CCO)SCCS(=O)(=O)c1cccc(C(=N)N)c1. The number of nitrogens with two attached hydrogens (primary N) is 1. The van der Waals surface area contributed by atoms with Gasteiger partial charge in [0.15, 0.2) is 9.84 Å². The Morgan fingerprint density at radius 2 is 2.20 bits per heavy atom. The number of hydrogen-bond donors (Lipinski definition) is 3. The van der Waals surface area contributed by atoms with Crippen molar-refractivity contribution in [2.75, 3.05) is 18.1 Å². The standard InChI is InChI=1S/C13H20N2O3S2/c1-10(5-6-16)19-7-8-20(17,18)12-4-2-3-11(9-12)13(14)15/h2-4,9-10,16H,5-8H2,1H3,(H3,14,15). The van der Waals surface area contributed by atoms with Crippen molar-refractivity contribution in [2.24, 2.45) is 5.73 Å². The third-order valence-corrected chi connectivity index (χ3v) is 6.01. The number of aliphatic hydroxyl groups excluding tert-OH is 1. The highest BCUT2D eigenvalue weighted by Crippen LogP contribution is 2.18. The number of thioether (sulfide) groups is 1. The van der Waals surface area contributed by atoms with Gasteiger partial charge in [0.25, 0.3) is 0 Å². The zero-order chi connectivity index (χ0) is 15.2. The Balaban J connectivity index is 2.69. The van der Waals surface area contributed by atoms with E-state index in [1.807, 2.05) is 6.92 Å². The summed E-state index contributed by atoms with van der Waals surface area (Å²) in [5.41, 5.74) is 5.77. The van der Waals surface area contributed by atoms with Crippen molar-refractivity contribution in [1.29, 1.82) is 5.41 Å². The van der Waals surface area contributed by atoms with Crippen molar-refractivity contribution in [3.63, 3.8) is 0 Å². The molecule has 1 aromatic rings. The summed E-state index contributed by atoms with van der Waals surface area (Å²) in [5.74, 6) is 0.371. The molecule has 5 nitrogen and oxygen atoms in total. The van der Waals surface area contributed by atoms with Crippen LogP contribution in [-0.4, -0.2) is 42.7 Å². The van der Waals surface area contributed by atoms with Gasteiger partial charge in [-0.3, -0.25) is 5.41 Å². The first kappa shape index (κ1) is 17.0. The van der Waals surface area contributed by atoms with Crippen LogP contribution in [0.3, 0.4) is 0 Å². The lowest BCUT2D eigenvalue weighted by Crippen LogP contribution is -2.14. The van der Waals surface area contributed by atoms with Crippen LogP contribution in [0.4, 0.5) is 0 Å². The van der Waals surface area contributed by atoms with E-state index >= 15 is 0 Å². The summed E-state index contributed by atoms with van der Waals surface area (Å²) in [4.78, 5) is 0.195. The van der Waals surface area contributed by atoms with Gasteiger partial charge in [0, 0.05) is 23.2 Å². The number of hydrogen-bond acceptors (Lipinski definition) is 5. The minimum absolute atomic E-state index is 0.0365. The van der Waals surface area contributed by atoms with Gasteiger partial charge in [-0.2, -0.15) is 11.8 Å². The molecule has 0 saturated carbocycles. The second-order valence-electron chi connectivity index (χ2n) is 4.45. The second kappa shape index (κ2) is 7.66. The van der Waals surface area contributed by atoms with Crippen molar-refractivity contribution in [3.05, 3.63) is 29.8 Å². The summed E-state index contributed by atoms with van der Waals surface area (Å²) in [7, 11) is -3.36. The van der Waals surface area contributed by atoms with Crippen LogP contribution >= 0.6 is 11.8 Å². The molecule has 0 aliphatic carbocycles. The summed E-state index contributed by atoms with van der Waals surface area (Å²) in [6, 6.07) is 6.15. The number of benzene rings is 1. The molecule has 0 aromatic heterocycles. The van der Waals surface area contributed by atoms with Crippen molar-refractivity contribution in [2.45, 2.75) is 23.5 Å². The van der Waals surface area contributed by atoms with Gasteiger partial charge in [0.05, 0.1) is 10.6 Å². The fourth-order valence-electron chi connectivity index (χ4n) is 1.60. The molecule has 0 aliphatic rings. The number of amidine groups is 1. The van der Waals surface area contributed by atoms with E-state index in [0.717, 1.165) is 0 Å². The molecule has 0 aliphatic heterocycles. The van der Waals surface area contributed by atoms with Crippen LogP contribution < -0.4 is 5.73 Å². The molecular weight excluding hydrogens is 296 g/mol. The van der Waals surface area contributed by atoms with Crippen molar-refractivity contribution >= 4 is 27.4 Å². The minimum Gasteiger partial charge on any atom is -0.396 e. The molecule has 0 fully saturated rings. The molecule has 0 spiro atoms. The Morgan fingerprint density at radius 3 is 2.80 bits per heavy atom. The van der Waals surface area contributed by atoms with Crippen LogP contribution in [0.5, 0.6) is 0 Å². The average Bonchev–Trinajstić information content (AvgIpc) is 2.39. The number of nitrogens with one attached hydrogen (secondary N) is 1. The number of sulfone groups is 1. The van der Waals surface area contributed by atoms with Crippen molar-refractivity contribution in [1.82, 2.24) is 0 Å². The van der Waals surface area contributed by atoms with Gasteiger partial charge in [-0.15, -0.1) is 0 Å². The average molecular weight is 316 g/mol. The van der Waals surface area contributed by atoms with Crippen molar-refractivity contribution in [3.8, 4) is 0 Å². The number of nitrogen functional groups attached to an aromatic ring is 1. The lowest BCUT2D eigenvalue weighted by Gasteiger charge is -2.10. The monoisotopic (exact) mass is 316 g/mol. The Kier molecular flexibility index (Phi) is 6.51. The van der Waals surface area contributed by atoms with E-state index in [1.165, 1.54) is 23.9 Å².